The number of benzene rings is 2. The van der Waals surface area contributed by atoms with E-state index < -0.39 is 30.9 Å². The quantitative estimate of drug-likeness (QED) is 0.419. The van der Waals surface area contributed by atoms with Crippen LogP contribution in [-0.4, -0.2) is 48.1 Å². The highest BCUT2D eigenvalue weighted by atomic mass is 35.5. The Labute approximate surface area is 187 Å². The van der Waals surface area contributed by atoms with Gasteiger partial charge < -0.3 is 25.4 Å². The van der Waals surface area contributed by atoms with Crippen molar-refractivity contribution in [2.24, 2.45) is 5.92 Å². The number of carbonyl (C=O) groups excluding carboxylic acids is 2. The topological polar surface area (TPSA) is 108 Å². The van der Waals surface area contributed by atoms with Crippen molar-refractivity contribution in [1.29, 1.82) is 0 Å². The molecule has 166 valence electrons. The van der Waals surface area contributed by atoms with Crippen molar-refractivity contribution in [3.63, 3.8) is 0 Å². The molecule has 2 rings (SSSR count). The maximum atomic E-state index is 13.0. The zero-order valence-corrected chi connectivity index (χ0v) is 18.6. The van der Waals surface area contributed by atoms with Crippen LogP contribution < -0.4 is 15.4 Å². The molecule has 2 aromatic rings. The molecule has 4 N–H and O–H groups in total. The number of methoxy groups -OCH3 is 1. The highest BCUT2D eigenvalue weighted by Crippen LogP contribution is 2.22. The Hall–Kier alpha value is -2.55. The minimum absolute atomic E-state index is 0.130. The molecule has 2 aromatic carbocycles. The minimum Gasteiger partial charge on any atom is -0.496 e. The Morgan fingerprint density at radius 1 is 1.10 bits per heavy atom. The highest BCUT2D eigenvalue weighted by Gasteiger charge is 2.30. The van der Waals surface area contributed by atoms with Gasteiger partial charge in [-0.15, -0.1) is 0 Å². The second-order valence-corrected chi connectivity index (χ2v) is 8.16. The van der Waals surface area contributed by atoms with E-state index in [-0.39, 0.29) is 17.9 Å². The predicted octanol–water partition coefficient (Wildman–Crippen LogP) is 2.23. The van der Waals surface area contributed by atoms with Gasteiger partial charge in [0, 0.05) is 11.4 Å². The number of carbonyl (C=O) groups is 2. The fourth-order valence-electron chi connectivity index (χ4n) is 3.20. The van der Waals surface area contributed by atoms with Crippen molar-refractivity contribution in [1.82, 2.24) is 10.6 Å². The summed E-state index contributed by atoms with van der Waals surface area (Å²) in [6, 6.07) is 12.9. The molecule has 0 aromatic heterocycles. The SMILES string of the molecule is COc1ccc(Cl)cc1C(=O)NC(Cc1ccccc1)C(=O)N[C@@H](CC(C)C)B(O)O. The molecule has 1 unspecified atom stereocenters. The second-order valence-electron chi connectivity index (χ2n) is 7.72. The van der Waals surface area contributed by atoms with Crippen LogP contribution in [0.25, 0.3) is 0 Å². The molecule has 0 heterocycles. The second kappa shape index (κ2) is 11.7. The van der Waals surface area contributed by atoms with Crippen LogP contribution in [0.3, 0.4) is 0 Å². The zero-order chi connectivity index (χ0) is 23.0. The number of halogens is 1. The summed E-state index contributed by atoms with van der Waals surface area (Å²) >= 11 is 6.03. The van der Waals surface area contributed by atoms with Gasteiger partial charge in [0.15, 0.2) is 0 Å². The first-order valence-corrected chi connectivity index (χ1v) is 10.4. The van der Waals surface area contributed by atoms with E-state index in [0.29, 0.717) is 17.2 Å². The van der Waals surface area contributed by atoms with Crippen molar-refractivity contribution in [3.05, 3.63) is 64.7 Å². The Balaban J connectivity index is 2.27. The molecule has 0 bridgehead atoms. The molecule has 0 aliphatic carbocycles. The fourth-order valence-corrected chi connectivity index (χ4v) is 3.37. The van der Waals surface area contributed by atoms with Crippen molar-refractivity contribution in [2.75, 3.05) is 7.11 Å². The van der Waals surface area contributed by atoms with E-state index in [2.05, 4.69) is 10.6 Å². The highest BCUT2D eigenvalue weighted by molar-refractivity contribution is 6.43. The van der Waals surface area contributed by atoms with E-state index in [1.165, 1.54) is 13.2 Å². The third kappa shape index (κ3) is 7.58. The molecule has 0 spiro atoms. The molecule has 9 heteroatoms. The van der Waals surface area contributed by atoms with E-state index in [9.17, 15) is 19.6 Å². The number of rotatable bonds is 10. The molecule has 0 radical (unpaired) electrons. The van der Waals surface area contributed by atoms with E-state index >= 15 is 0 Å². The van der Waals surface area contributed by atoms with E-state index in [0.717, 1.165) is 5.56 Å². The molecular formula is C22H28BClN2O5. The van der Waals surface area contributed by atoms with Gasteiger partial charge in [0.25, 0.3) is 5.91 Å². The molecule has 0 saturated heterocycles. The van der Waals surface area contributed by atoms with Crippen LogP contribution in [0.5, 0.6) is 5.75 Å². The van der Waals surface area contributed by atoms with Crippen molar-refractivity contribution >= 4 is 30.5 Å². The molecule has 31 heavy (non-hydrogen) atoms. The van der Waals surface area contributed by atoms with Crippen LogP contribution in [-0.2, 0) is 11.2 Å². The standard InChI is InChI=1S/C22H28BClN2O5/c1-14(2)11-20(23(29)30)26-22(28)18(12-15-7-5-4-6-8-15)25-21(27)17-13-16(24)9-10-19(17)31-3/h4-10,13-14,18,20,29-30H,11-12H2,1-3H3,(H,25,27)(H,26,28)/t18?,20-/m0/s1. The average Bonchev–Trinajstić information content (AvgIpc) is 2.73. The van der Waals surface area contributed by atoms with Gasteiger partial charge in [-0.05, 0) is 36.1 Å². The van der Waals surface area contributed by atoms with Crippen LogP contribution in [0.1, 0.15) is 36.2 Å². The zero-order valence-electron chi connectivity index (χ0n) is 17.8. The summed E-state index contributed by atoms with van der Waals surface area (Å²) in [4.78, 5) is 26.0. The van der Waals surface area contributed by atoms with Crippen LogP contribution in [0.2, 0.25) is 5.02 Å². The monoisotopic (exact) mass is 446 g/mol. The predicted molar refractivity (Wildman–Crippen MR) is 121 cm³/mol. The molecule has 2 atom stereocenters. The molecular weight excluding hydrogens is 419 g/mol. The van der Waals surface area contributed by atoms with Crippen LogP contribution in [0, 0.1) is 5.92 Å². The normalized spacial score (nSPS) is 12.7. The lowest BCUT2D eigenvalue weighted by atomic mass is 9.75. The van der Waals surface area contributed by atoms with E-state index in [1.54, 1.807) is 12.1 Å². The molecule has 0 aliphatic heterocycles. The van der Waals surface area contributed by atoms with Gasteiger partial charge >= 0.3 is 7.12 Å². The van der Waals surface area contributed by atoms with Crippen molar-refractivity contribution in [2.45, 2.75) is 38.7 Å². The fraction of sp³-hybridized carbons (Fsp3) is 0.364. The summed E-state index contributed by atoms with van der Waals surface area (Å²) in [7, 11) is -0.277. The van der Waals surface area contributed by atoms with E-state index in [1.807, 2.05) is 44.2 Å². The lowest BCUT2D eigenvalue weighted by Crippen LogP contribution is -2.55. The third-order valence-electron chi connectivity index (χ3n) is 4.72. The molecule has 0 aliphatic rings. The van der Waals surface area contributed by atoms with Gasteiger partial charge in [-0.2, -0.15) is 0 Å². The lowest BCUT2D eigenvalue weighted by Gasteiger charge is -2.24. The Morgan fingerprint density at radius 2 is 1.77 bits per heavy atom. The van der Waals surface area contributed by atoms with Gasteiger partial charge in [-0.1, -0.05) is 55.8 Å². The van der Waals surface area contributed by atoms with Gasteiger partial charge in [-0.25, -0.2) is 0 Å². The van der Waals surface area contributed by atoms with Crippen molar-refractivity contribution < 1.29 is 24.4 Å². The first-order chi connectivity index (χ1) is 14.7. The summed E-state index contributed by atoms with van der Waals surface area (Å²) in [5.74, 6) is -1.45. The number of amides is 2. The molecule has 7 nitrogen and oxygen atoms in total. The maximum absolute atomic E-state index is 13.0. The first kappa shape index (κ1) is 24.7. The number of ether oxygens (including phenoxy) is 1. The van der Waals surface area contributed by atoms with Crippen LogP contribution >= 0.6 is 11.6 Å². The smallest absolute Gasteiger partial charge is 0.475 e. The summed E-state index contributed by atoms with van der Waals surface area (Å²) in [5.41, 5.74) is 1.03. The first-order valence-electron chi connectivity index (χ1n) is 10.1. The third-order valence-corrected chi connectivity index (χ3v) is 4.96. The molecule has 0 saturated carbocycles. The van der Waals surface area contributed by atoms with Crippen molar-refractivity contribution in [3.8, 4) is 5.75 Å². The largest absolute Gasteiger partial charge is 0.496 e. The van der Waals surface area contributed by atoms with Gasteiger partial charge in [0.05, 0.1) is 18.6 Å². The van der Waals surface area contributed by atoms with E-state index in [4.69, 9.17) is 16.3 Å². The number of nitrogens with one attached hydrogen (secondary N) is 2. The van der Waals surface area contributed by atoms with Gasteiger partial charge in [0.1, 0.15) is 11.8 Å². The molecule has 0 fully saturated rings. The summed E-state index contributed by atoms with van der Waals surface area (Å²) in [5, 5.41) is 25.1. The number of hydrogen-bond acceptors (Lipinski definition) is 5. The summed E-state index contributed by atoms with van der Waals surface area (Å²) in [6.45, 7) is 3.83. The van der Waals surface area contributed by atoms with Crippen LogP contribution in [0.15, 0.2) is 48.5 Å². The van der Waals surface area contributed by atoms with Gasteiger partial charge in [-0.3, -0.25) is 9.59 Å². The lowest BCUT2D eigenvalue weighted by molar-refractivity contribution is -0.123. The average molecular weight is 447 g/mol. The molecule has 2 amide bonds. The summed E-state index contributed by atoms with van der Waals surface area (Å²) in [6.07, 6.45) is 0.592. The number of hydrogen-bond donors (Lipinski definition) is 4. The minimum atomic E-state index is -1.72. The summed E-state index contributed by atoms with van der Waals surface area (Å²) < 4.78 is 5.24. The Bertz CT molecular complexity index is 879. The Morgan fingerprint density at radius 3 is 2.35 bits per heavy atom. The van der Waals surface area contributed by atoms with Crippen LogP contribution in [0.4, 0.5) is 0 Å². The Kier molecular flexibility index (Phi) is 9.36. The van der Waals surface area contributed by atoms with Gasteiger partial charge in [0.2, 0.25) is 5.91 Å². The maximum Gasteiger partial charge on any atom is 0.475 e.